The summed E-state index contributed by atoms with van der Waals surface area (Å²) in [6, 6.07) is 40.7. The second kappa shape index (κ2) is 14.1. The quantitative estimate of drug-likeness (QED) is 0.100. The molecule has 0 saturated heterocycles. The predicted octanol–water partition coefficient (Wildman–Crippen LogP) is 12.1. The van der Waals surface area contributed by atoms with E-state index in [0.717, 1.165) is 28.1 Å². The van der Waals surface area contributed by atoms with Gasteiger partial charge in [0, 0.05) is 38.6 Å². The van der Waals surface area contributed by atoms with E-state index < -0.39 is 14.0 Å². The molecule has 0 fully saturated rings. The van der Waals surface area contributed by atoms with Gasteiger partial charge in [0.15, 0.2) is 0 Å². The van der Waals surface area contributed by atoms with Gasteiger partial charge < -0.3 is 9.97 Å². The third-order valence-corrected chi connectivity index (χ3v) is 12.4. The molecule has 0 aliphatic carbocycles. The number of aromatic nitrogens is 2. The first kappa shape index (κ1) is 33.5. The maximum Gasteiger partial charge on any atom is 0.0798 e. The third-order valence-electron chi connectivity index (χ3n) is 9.04. The van der Waals surface area contributed by atoms with E-state index in [1.807, 2.05) is 56.4 Å². The topological polar surface area (TPSA) is 25.8 Å². The molecule has 8 rings (SSSR count). The van der Waals surface area contributed by atoms with Crippen LogP contribution in [0.1, 0.15) is 37.8 Å². The number of thiophene rings is 1. The van der Waals surface area contributed by atoms with Gasteiger partial charge in [-0.2, -0.15) is 11.3 Å². The number of pyridine rings is 2. The molecule has 8 aromatic rings. The molecule has 49 heavy (non-hydrogen) atoms. The Balaban J connectivity index is 0.000000204. The number of aryl methyl sites for hydroxylation is 2. The van der Waals surface area contributed by atoms with Crippen molar-refractivity contribution in [2.45, 2.75) is 53.2 Å². The van der Waals surface area contributed by atoms with Crippen molar-refractivity contribution in [3.05, 3.63) is 138 Å². The van der Waals surface area contributed by atoms with Crippen molar-refractivity contribution in [3.8, 4) is 22.5 Å². The smallest absolute Gasteiger partial charge is 0.0798 e. The summed E-state index contributed by atoms with van der Waals surface area (Å²) in [5.41, 5.74) is 7.57. The monoisotopic (exact) mass is 850 g/mol. The number of nitrogens with zero attached hydrogens (tertiary/aromatic N) is 2. The van der Waals surface area contributed by atoms with Crippen LogP contribution < -0.4 is 5.19 Å². The second-order valence-electron chi connectivity index (χ2n) is 13.9. The van der Waals surface area contributed by atoms with Crippen molar-refractivity contribution in [2.75, 3.05) is 0 Å². The van der Waals surface area contributed by atoms with Gasteiger partial charge in [0.05, 0.1) is 8.07 Å². The van der Waals surface area contributed by atoms with Crippen LogP contribution in [0.15, 0.2) is 109 Å². The van der Waals surface area contributed by atoms with Gasteiger partial charge in [-0.25, -0.2) is 0 Å². The maximum absolute atomic E-state index is 8.41. The van der Waals surface area contributed by atoms with Crippen LogP contribution >= 0.6 is 11.3 Å². The molecule has 1 radical (unpaired) electrons. The van der Waals surface area contributed by atoms with Gasteiger partial charge in [-0.1, -0.05) is 98.0 Å². The Hall–Kier alpha value is -3.99. The average Bonchev–Trinajstić information content (AvgIpc) is 3.45. The molecule has 0 bridgehead atoms. The van der Waals surface area contributed by atoms with E-state index >= 15 is 0 Å². The van der Waals surface area contributed by atoms with E-state index in [1.54, 1.807) is 11.3 Å². The molecule has 0 aliphatic heterocycles. The number of benzene rings is 5. The van der Waals surface area contributed by atoms with Crippen LogP contribution in [0, 0.1) is 26.0 Å². The van der Waals surface area contributed by atoms with E-state index in [9.17, 15) is 0 Å². The Kier molecular flexibility index (Phi) is 9.63. The summed E-state index contributed by atoms with van der Waals surface area (Å²) in [6.07, 6.45) is 3.86. The summed E-state index contributed by atoms with van der Waals surface area (Å²) < 4.78 is 10.9. The van der Waals surface area contributed by atoms with Crippen molar-refractivity contribution in [3.63, 3.8) is 0 Å². The summed E-state index contributed by atoms with van der Waals surface area (Å²) in [5, 5.41) is 9.10. The zero-order valence-electron chi connectivity index (χ0n) is 30.0. The third kappa shape index (κ3) is 7.04. The Morgan fingerprint density at radius 1 is 0.735 bits per heavy atom. The molecule has 0 N–H and O–H groups in total. The molecule has 0 unspecified atom stereocenters. The molecule has 5 heteroatoms. The van der Waals surface area contributed by atoms with Crippen LogP contribution in [-0.2, 0) is 20.1 Å². The molecule has 0 aliphatic rings. The minimum absolute atomic E-state index is 0. The Bertz CT molecular complexity index is 2490. The van der Waals surface area contributed by atoms with Crippen LogP contribution in [0.4, 0.5) is 0 Å². The van der Waals surface area contributed by atoms with Gasteiger partial charge in [0.25, 0.3) is 0 Å². The fourth-order valence-corrected chi connectivity index (χ4v) is 9.45. The van der Waals surface area contributed by atoms with E-state index in [-0.39, 0.29) is 20.1 Å². The second-order valence-corrected chi connectivity index (χ2v) is 20.0. The van der Waals surface area contributed by atoms with Crippen LogP contribution in [0.2, 0.25) is 19.6 Å². The van der Waals surface area contributed by atoms with E-state index in [1.165, 1.54) is 58.0 Å². The normalized spacial score (nSPS) is 12.1. The van der Waals surface area contributed by atoms with Gasteiger partial charge in [-0.05, 0) is 86.1 Å². The largest absolute Gasteiger partial charge is 0.305 e. The molecule has 3 heterocycles. The average molecular weight is 850 g/mol. The molecular weight excluding hydrogens is 809 g/mol. The molecule has 0 saturated carbocycles. The van der Waals surface area contributed by atoms with Gasteiger partial charge >= 0.3 is 0 Å². The van der Waals surface area contributed by atoms with Crippen LogP contribution in [0.5, 0.6) is 0 Å². The van der Waals surface area contributed by atoms with Gasteiger partial charge in [0.2, 0.25) is 0 Å². The summed E-state index contributed by atoms with van der Waals surface area (Å²) >= 11 is 1.81. The zero-order valence-corrected chi connectivity index (χ0v) is 33.2. The van der Waals surface area contributed by atoms with Crippen LogP contribution in [-0.4, -0.2) is 18.0 Å². The van der Waals surface area contributed by atoms with Gasteiger partial charge in [0.1, 0.15) is 0 Å². The summed E-state index contributed by atoms with van der Waals surface area (Å²) in [4.78, 5) is 9.22. The molecule has 247 valence electrons. The minimum Gasteiger partial charge on any atom is -0.305 e. The fourth-order valence-electron chi connectivity index (χ4n) is 6.51. The number of hydrogen-bond acceptors (Lipinski definition) is 3. The zero-order chi connectivity index (χ0) is 34.5. The van der Waals surface area contributed by atoms with Crippen molar-refractivity contribution in [1.82, 2.24) is 9.97 Å². The number of hydrogen-bond donors (Lipinski definition) is 0. The van der Waals surface area contributed by atoms with Crippen LogP contribution in [0.3, 0.4) is 0 Å². The molecule has 3 aromatic heterocycles. The van der Waals surface area contributed by atoms with Crippen molar-refractivity contribution < 1.29 is 21.5 Å². The summed E-state index contributed by atoms with van der Waals surface area (Å²) in [6.45, 7) is 15.2. The number of fused-ring (bicyclic) bond motifs is 6. The van der Waals surface area contributed by atoms with Gasteiger partial charge in [-0.15, -0.1) is 59.7 Å². The molecule has 2 nitrogen and oxygen atoms in total. The standard InChI is InChI=1S/C29H22NS.C15H18NSi.Ir/c1-17(2)20-11-12-30-27(15-20)23-6-4-5-22-26-14-21-10-9-19-8-7-18(3)13-24(19)25(21)16-28(26)31-29(22)23;1-12-10-14(13-8-6-5-7-9-13)16-11-15(12)17(2,3)4;/h4-5,7-17H,1-3H3;5-8,10-11H,1-4H3;/q2*-1;/i17D;;. The van der Waals surface area contributed by atoms with Crippen molar-refractivity contribution in [2.24, 2.45) is 0 Å². The summed E-state index contributed by atoms with van der Waals surface area (Å²) in [7, 11) is -1.27. The van der Waals surface area contributed by atoms with Crippen molar-refractivity contribution >= 4 is 66.3 Å². The molecular formula is C44H40IrN2SSi-2. The Labute approximate surface area is 310 Å². The molecule has 0 amide bonds. The minimum atomic E-state index is -1.27. The molecule has 5 aromatic carbocycles. The fraction of sp³-hybridized carbons (Fsp3) is 0.182. The first-order valence-electron chi connectivity index (χ1n) is 17.0. The van der Waals surface area contributed by atoms with E-state index in [0.29, 0.717) is 0 Å². The van der Waals surface area contributed by atoms with E-state index in [2.05, 4.69) is 122 Å². The Morgan fingerprint density at radius 3 is 2.24 bits per heavy atom. The van der Waals surface area contributed by atoms with Crippen molar-refractivity contribution in [1.29, 1.82) is 0 Å². The first-order chi connectivity index (χ1) is 23.4. The maximum atomic E-state index is 8.41. The molecule has 0 atom stereocenters. The van der Waals surface area contributed by atoms with Gasteiger partial charge in [-0.3, -0.25) is 0 Å². The first-order valence-corrected chi connectivity index (χ1v) is 20.8. The summed E-state index contributed by atoms with van der Waals surface area (Å²) in [5.74, 6) is -0.664. The Morgan fingerprint density at radius 2 is 1.51 bits per heavy atom. The predicted molar refractivity (Wildman–Crippen MR) is 211 cm³/mol. The van der Waals surface area contributed by atoms with Crippen LogP contribution in [0.25, 0.3) is 64.2 Å². The molecule has 0 spiro atoms. The number of rotatable bonds is 4. The SMILES string of the molecule is Cc1cc(-c2[c-]cccc2)ncc1[Si](C)(C)C.[2H]C(C)(C)c1ccnc(-c2[c-]ccc3c2sc2cc4c(ccc5ccc(C)cc54)cc23)c1.[Ir]. The van der Waals surface area contributed by atoms with E-state index in [4.69, 9.17) is 1.37 Å².